The van der Waals surface area contributed by atoms with E-state index in [2.05, 4.69) is 10.00 Å². The summed E-state index contributed by atoms with van der Waals surface area (Å²) in [7, 11) is 0. The van der Waals surface area contributed by atoms with Crippen LogP contribution in [0.5, 0.6) is 0 Å². The molecule has 0 saturated carbocycles. The van der Waals surface area contributed by atoms with Gasteiger partial charge in [0.05, 0.1) is 24.9 Å². The van der Waals surface area contributed by atoms with Crippen LogP contribution in [-0.4, -0.2) is 64.2 Å². The Kier molecular flexibility index (Phi) is 7.42. The molecule has 1 aromatic heterocycles. The van der Waals surface area contributed by atoms with Gasteiger partial charge in [0, 0.05) is 37.4 Å². The van der Waals surface area contributed by atoms with Crippen molar-refractivity contribution < 1.29 is 14.3 Å². The van der Waals surface area contributed by atoms with Gasteiger partial charge in [-0.2, -0.15) is 5.10 Å². The third-order valence-corrected chi connectivity index (χ3v) is 5.98. The number of rotatable bonds is 7. The molecule has 1 atom stereocenters. The summed E-state index contributed by atoms with van der Waals surface area (Å²) in [5, 5.41) is 4.96. The van der Waals surface area contributed by atoms with Gasteiger partial charge in [-0.1, -0.05) is 54.1 Å². The van der Waals surface area contributed by atoms with Gasteiger partial charge in [-0.3, -0.25) is 14.4 Å². The van der Waals surface area contributed by atoms with Gasteiger partial charge in [-0.05, 0) is 30.2 Å². The molecule has 33 heavy (non-hydrogen) atoms. The zero-order valence-electron chi connectivity index (χ0n) is 18.6. The fraction of sp³-hybridized carbons (Fsp3) is 0.320. The van der Waals surface area contributed by atoms with Crippen LogP contribution in [0.25, 0.3) is 0 Å². The first-order valence-electron chi connectivity index (χ1n) is 11.1. The average molecular weight is 467 g/mol. The van der Waals surface area contributed by atoms with Crippen molar-refractivity contribution in [2.45, 2.75) is 19.5 Å². The highest BCUT2D eigenvalue weighted by Crippen LogP contribution is 2.26. The minimum atomic E-state index is -0.520. The molecule has 7 nitrogen and oxygen atoms in total. The van der Waals surface area contributed by atoms with E-state index in [0.29, 0.717) is 49.9 Å². The molecule has 0 radical (unpaired) electrons. The van der Waals surface area contributed by atoms with Crippen molar-refractivity contribution in [1.82, 2.24) is 19.6 Å². The lowest BCUT2D eigenvalue weighted by molar-refractivity contribution is -0.150. The Morgan fingerprint density at radius 1 is 1.03 bits per heavy atom. The van der Waals surface area contributed by atoms with E-state index < -0.39 is 6.04 Å². The van der Waals surface area contributed by atoms with Gasteiger partial charge in [-0.15, -0.1) is 0 Å². The topological polar surface area (TPSA) is 67.7 Å². The number of aromatic nitrogens is 2. The van der Waals surface area contributed by atoms with Gasteiger partial charge in [0.1, 0.15) is 6.04 Å². The Labute approximate surface area is 198 Å². The number of esters is 1. The summed E-state index contributed by atoms with van der Waals surface area (Å²) in [6.45, 7) is 4.90. The standard InChI is InChI=1S/C25H27ClN4O3/c1-2-33-25(32)23(20-8-10-22(26)11-9-20)28-12-14-29(15-13-28)24(31)21-16-27-30(18-21)17-19-6-4-3-5-7-19/h3-11,16,18,23H,2,12-15,17H2,1H3. The SMILES string of the molecule is CCOC(=O)C(c1ccc(Cl)cc1)N1CCN(C(=O)c2cnn(Cc3ccccc3)c2)CC1. The van der Waals surface area contributed by atoms with Crippen molar-refractivity contribution in [1.29, 1.82) is 0 Å². The highest BCUT2D eigenvalue weighted by molar-refractivity contribution is 6.30. The van der Waals surface area contributed by atoms with Crippen molar-refractivity contribution in [3.63, 3.8) is 0 Å². The molecule has 1 aliphatic heterocycles. The van der Waals surface area contributed by atoms with E-state index in [4.69, 9.17) is 16.3 Å². The van der Waals surface area contributed by atoms with E-state index >= 15 is 0 Å². The Bertz CT molecular complexity index is 1080. The number of piperazine rings is 1. The predicted molar refractivity (Wildman–Crippen MR) is 126 cm³/mol. The van der Waals surface area contributed by atoms with Crippen LogP contribution in [0.15, 0.2) is 67.0 Å². The van der Waals surface area contributed by atoms with E-state index in [1.807, 2.05) is 47.4 Å². The summed E-state index contributed by atoms with van der Waals surface area (Å²) in [6, 6.07) is 16.7. The first kappa shape index (κ1) is 23.0. The summed E-state index contributed by atoms with van der Waals surface area (Å²) in [4.78, 5) is 29.6. The second kappa shape index (κ2) is 10.6. The number of hydrogen-bond donors (Lipinski definition) is 0. The molecular formula is C25H27ClN4O3. The molecule has 0 bridgehead atoms. The van der Waals surface area contributed by atoms with E-state index in [-0.39, 0.29) is 11.9 Å². The first-order valence-corrected chi connectivity index (χ1v) is 11.4. The summed E-state index contributed by atoms with van der Waals surface area (Å²) < 4.78 is 7.11. The number of benzene rings is 2. The van der Waals surface area contributed by atoms with Crippen molar-refractivity contribution >= 4 is 23.5 Å². The number of ether oxygens (including phenoxy) is 1. The minimum absolute atomic E-state index is 0.0480. The molecule has 0 N–H and O–H groups in total. The van der Waals surface area contributed by atoms with E-state index in [0.717, 1.165) is 11.1 Å². The number of carbonyl (C=O) groups is 2. The largest absolute Gasteiger partial charge is 0.465 e. The van der Waals surface area contributed by atoms with Crippen molar-refractivity contribution in [2.75, 3.05) is 32.8 Å². The third-order valence-electron chi connectivity index (χ3n) is 5.73. The molecule has 172 valence electrons. The zero-order valence-corrected chi connectivity index (χ0v) is 19.3. The predicted octanol–water partition coefficient (Wildman–Crippen LogP) is 3.65. The monoisotopic (exact) mass is 466 g/mol. The highest BCUT2D eigenvalue weighted by atomic mass is 35.5. The first-order chi connectivity index (χ1) is 16.0. The summed E-state index contributed by atoms with van der Waals surface area (Å²) in [6.07, 6.45) is 3.41. The van der Waals surface area contributed by atoms with Gasteiger partial charge in [0.15, 0.2) is 0 Å². The van der Waals surface area contributed by atoms with E-state index in [9.17, 15) is 9.59 Å². The molecule has 1 unspecified atom stereocenters. The van der Waals surface area contributed by atoms with Crippen LogP contribution < -0.4 is 0 Å². The van der Waals surface area contributed by atoms with Gasteiger partial charge < -0.3 is 9.64 Å². The molecule has 0 aliphatic carbocycles. The van der Waals surface area contributed by atoms with Gasteiger partial charge in [-0.25, -0.2) is 4.79 Å². The summed E-state index contributed by atoms with van der Waals surface area (Å²) >= 11 is 6.02. The lowest BCUT2D eigenvalue weighted by atomic mass is 10.0. The number of carbonyl (C=O) groups excluding carboxylic acids is 2. The maximum Gasteiger partial charge on any atom is 0.328 e. The second-order valence-electron chi connectivity index (χ2n) is 7.95. The number of amides is 1. The van der Waals surface area contributed by atoms with Crippen LogP contribution in [0.4, 0.5) is 0 Å². The summed E-state index contributed by atoms with van der Waals surface area (Å²) in [5.74, 6) is -0.338. The number of halogens is 1. The maximum absolute atomic E-state index is 13.0. The molecule has 1 amide bonds. The molecule has 1 saturated heterocycles. The summed E-state index contributed by atoms with van der Waals surface area (Å²) in [5.41, 5.74) is 2.53. The molecule has 8 heteroatoms. The fourth-order valence-corrected chi connectivity index (χ4v) is 4.18. The Balaban J connectivity index is 1.40. The van der Waals surface area contributed by atoms with Crippen LogP contribution >= 0.6 is 11.6 Å². The van der Waals surface area contributed by atoms with Crippen LogP contribution in [0, 0.1) is 0 Å². The molecule has 2 heterocycles. The van der Waals surface area contributed by atoms with Crippen LogP contribution in [-0.2, 0) is 16.1 Å². The normalized spacial score (nSPS) is 15.3. The zero-order chi connectivity index (χ0) is 23.2. The minimum Gasteiger partial charge on any atom is -0.465 e. The smallest absolute Gasteiger partial charge is 0.328 e. The molecule has 4 rings (SSSR count). The Morgan fingerprint density at radius 2 is 1.73 bits per heavy atom. The van der Waals surface area contributed by atoms with Gasteiger partial charge in [0.2, 0.25) is 0 Å². The quantitative estimate of drug-likeness (QED) is 0.497. The second-order valence-corrected chi connectivity index (χ2v) is 8.38. The van der Waals surface area contributed by atoms with Gasteiger partial charge in [0.25, 0.3) is 5.91 Å². The maximum atomic E-state index is 13.0. The third kappa shape index (κ3) is 5.61. The fourth-order valence-electron chi connectivity index (χ4n) is 4.06. The number of hydrogen-bond acceptors (Lipinski definition) is 5. The van der Waals surface area contributed by atoms with Gasteiger partial charge >= 0.3 is 5.97 Å². The van der Waals surface area contributed by atoms with Crippen molar-refractivity contribution in [2.24, 2.45) is 0 Å². The van der Waals surface area contributed by atoms with E-state index in [1.165, 1.54) is 0 Å². The van der Waals surface area contributed by atoms with E-state index in [1.54, 1.807) is 36.1 Å². The van der Waals surface area contributed by atoms with Crippen LogP contribution in [0.1, 0.15) is 34.5 Å². The lowest BCUT2D eigenvalue weighted by Crippen LogP contribution is -2.51. The molecule has 2 aromatic carbocycles. The molecule has 1 aliphatic rings. The molecule has 0 spiro atoms. The molecule has 1 fully saturated rings. The molecule has 3 aromatic rings. The Hall–Kier alpha value is -3.16. The van der Waals surface area contributed by atoms with Crippen molar-refractivity contribution in [3.8, 4) is 0 Å². The highest BCUT2D eigenvalue weighted by Gasteiger charge is 2.33. The Morgan fingerprint density at radius 3 is 2.39 bits per heavy atom. The molecular weight excluding hydrogens is 440 g/mol. The van der Waals surface area contributed by atoms with Crippen LogP contribution in [0.2, 0.25) is 5.02 Å². The van der Waals surface area contributed by atoms with Crippen LogP contribution in [0.3, 0.4) is 0 Å². The lowest BCUT2D eigenvalue weighted by Gasteiger charge is -2.38. The number of nitrogens with zero attached hydrogens (tertiary/aromatic N) is 4. The van der Waals surface area contributed by atoms with Crippen molar-refractivity contribution in [3.05, 3.63) is 88.7 Å². The average Bonchev–Trinajstić information content (AvgIpc) is 3.30.